The Labute approximate surface area is 113 Å². The van der Waals surface area contributed by atoms with E-state index in [0.717, 1.165) is 25.7 Å². The molecule has 2 amide bonds. The molecule has 1 rings (SSSR count). The van der Waals surface area contributed by atoms with E-state index < -0.39 is 5.97 Å². The van der Waals surface area contributed by atoms with Gasteiger partial charge in [0.25, 0.3) is 0 Å². The fourth-order valence-electron chi connectivity index (χ4n) is 1.88. The summed E-state index contributed by atoms with van der Waals surface area (Å²) in [6.07, 6.45) is 4.83. The number of hydrogen-bond donors (Lipinski definition) is 2. The highest BCUT2D eigenvalue weighted by Gasteiger charge is 2.31. The molecule has 2 N–H and O–H groups in total. The van der Waals surface area contributed by atoms with Crippen LogP contribution >= 0.6 is 0 Å². The summed E-state index contributed by atoms with van der Waals surface area (Å²) in [4.78, 5) is 23.9. The summed E-state index contributed by atoms with van der Waals surface area (Å²) in [6, 6.07) is 2.26. The molecule has 1 aliphatic rings. The maximum absolute atomic E-state index is 11.9. The van der Waals surface area contributed by atoms with Crippen LogP contribution in [0.5, 0.6) is 0 Å². The minimum atomic E-state index is -0.777. The predicted molar refractivity (Wildman–Crippen MR) is 69.5 cm³/mol. The molecule has 1 fully saturated rings. The number of carbonyl (C=O) groups excluding carboxylic acids is 1. The summed E-state index contributed by atoms with van der Waals surface area (Å²) in [6.45, 7) is 1.06. The number of urea groups is 1. The third-order valence-electron chi connectivity index (χ3n) is 3.06. The third kappa shape index (κ3) is 6.65. The average Bonchev–Trinajstić information content (AvgIpc) is 3.18. The van der Waals surface area contributed by atoms with Crippen LogP contribution in [0, 0.1) is 11.3 Å². The van der Waals surface area contributed by atoms with Crippen LogP contribution in [0.1, 0.15) is 44.9 Å². The molecule has 0 unspecified atom stereocenters. The average molecular weight is 267 g/mol. The zero-order chi connectivity index (χ0) is 14.1. The number of carboxylic acid groups (broad SMARTS) is 1. The molecule has 0 heterocycles. The van der Waals surface area contributed by atoms with E-state index in [2.05, 4.69) is 11.4 Å². The molecule has 0 aliphatic heterocycles. The summed E-state index contributed by atoms with van der Waals surface area (Å²) >= 11 is 0. The quantitative estimate of drug-likeness (QED) is 0.622. The standard InChI is InChI=1S/C13H21N3O3/c14-8-4-10-16(11-6-7-11)13(19)15-9-3-1-2-5-12(17)18/h11H,1-7,9-10H2,(H,15,19)(H,17,18). The lowest BCUT2D eigenvalue weighted by atomic mass is 10.2. The van der Waals surface area contributed by atoms with Crippen LogP contribution in [0.2, 0.25) is 0 Å². The molecule has 6 nitrogen and oxygen atoms in total. The molecular formula is C13H21N3O3. The Morgan fingerprint density at radius 3 is 2.63 bits per heavy atom. The van der Waals surface area contributed by atoms with Gasteiger partial charge in [-0.15, -0.1) is 0 Å². The van der Waals surface area contributed by atoms with Gasteiger partial charge in [0.05, 0.1) is 12.5 Å². The van der Waals surface area contributed by atoms with Crippen molar-refractivity contribution in [3.8, 4) is 6.07 Å². The van der Waals surface area contributed by atoms with Gasteiger partial charge in [0, 0.05) is 25.6 Å². The van der Waals surface area contributed by atoms with Crippen molar-refractivity contribution >= 4 is 12.0 Å². The van der Waals surface area contributed by atoms with Crippen molar-refractivity contribution in [2.75, 3.05) is 13.1 Å². The number of hydrogen-bond acceptors (Lipinski definition) is 3. The number of rotatable bonds is 9. The summed E-state index contributed by atoms with van der Waals surface area (Å²) in [5.74, 6) is -0.777. The van der Waals surface area contributed by atoms with Crippen LogP contribution in [0.15, 0.2) is 0 Å². The molecular weight excluding hydrogens is 246 g/mol. The van der Waals surface area contributed by atoms with E-state index in [0.29, 0.717) is 32.0 Å². The first-order valence-electron chi connectivity index (χ1n) is 6.78. The lowest BCUT2D eigenvalue weighted by Gasteiger charge is -2.21. The van der Waals surface area contributed by atoms with E-state index in [1.165, 1.54) is 0 Å². The Kier molecular flexibility index (Phi) is 6.72. The molecule has 1 saturated carbocycles. The highest BCUT2D eigenvalue weighted by molar-refractivity contribution is 5.74. The van der Waals surface area contributed by atoms with Crippen LogP contribution in [-0.2, 0) is 4.79 Å². The van der Waals surface area contributed by atoms with Gasteiger partial charge in [-0.2, -0.15) is 5.26 Å². The first kappa shape index (κ1) is 15.3. The lowest BCUT2D eigenvalue weighted by Crippen LogP contribution is -2.42. The number of nitrogens with zero attached hydrogens (tertiary/aromatic N) is 2. The van der Waals surface area contributed by atoms with E-state index in [4.69, 9.17) is 10.4 Å². The third-order valence-corrected chi connectivity index (χ3v) is 3.06. The maximum atomic E-state index is 11.9. The number of aliphatic carboxylic acids is 1. The van der Waals surface area contributed by atoms with Gasteiger partial charge in [0.1, 0.15) is 0 Å². The zero-order valence-electron chi connectivity index (χ0n) is 11.1. The molecule has 1 aliphatic carbocycles. The molecule has 0 aromatic rings. The van der Waals surface area contributed by atoms with Crippen molar-refractivity contribution in [2.24, 2.45) is 0 Å². The topological polar surface area (TPSA) is 93.4 Å². The second kappa shape index (κ2) is 8.35. The summed E-state index contributed by atoms with van der Waals surface area (Å²) < 4.78 is 0. The van der Waals surface area contributed by atoms with Crippen LogP contribution in [0.3, 0.4) is 0 Å². The summed E-state index contributed by atoms with van der Waals surface area (Å²) in [5.41, 5.74) is 0. The van der Waals surface area contributed by atoms with Gasteiger partial charge in [-0.25, -0.2) is 4.79 Å². The van der Waals surface area contributed by atoms with Crippen molar-refractivity contribution in [1.82, 2.24) is 10.2 Å². The van der Waals surface area contributed by atoms with Crippen molar-refractivity contribution in [3.63, 3.8) is 0 Å². The Morgan fingerprint density at radius 2 is 2.05 bits per heavy atom. The van der Waals surface area contributed by atoms with E-state index in [1.807, 2.05) is 0 Å². The number of carboxylic acids is 1. The van der Waals surface area contributed by atoms with E-state index >= 15 is 0 Å². The maximum Gasteiger partial charge on any atom is 0.317 e. The van der Waals surface area contributed by atoms with E-state index in [9.17, 15) is 9.59 Å². The fraction of sp³-hybridized carbons (Fsp3) is 0.769. The number of amides is 2. The summed E-state index contributed by atoms with van der Waals surface area (Å²) in [5, 5.41) is 19.9. The molecule has 0 radical (unpaired) electrons. The molecule has 106 valence electrons. The molecule has 0 aromatic carbocycles. The van der Waals surface area contributed by atoms with Gasteiger partial charge in [-0.3, -0.25) is 4.79 Å². The van der Waals surface area contributed by atoms with Gasteiger partial charge in [-0.05, 0) is 25.7 Å². The van der Waals surface area contributed by atoms with Crippen molar-refractivity contribution in [1.29, 1.82) is 5.26 Å². The van der Waals surface area contributed by atoms with Crippen LogP contribution in [-0.4, -0.2) is 41.1 Å². The van der Waals surface area contributed by atoms with Gasteiger partial charge in [0.2, 0.25) is 0 Å². The highest BCUT2D eigenvalue weighted by Crippen LogP contribution is 2.26. The van der Waals surface area contributed by atoms with Crippen molar-refractivity contribution < 1.29 is 14.7 Å². The molecule has 0 atom stereocenters. The van der Waals surface area contributed by atoms with E-state index in [-0.39, 0.29) is 12.5 Å². The molecule has 0 saturated heterocycles. The highest BCUT2D eigenvalue weighted by atomic mass is 16.4. The Hall–Kier alpha value is -1.77. The second-order valence-electron chi connectivity index (χ2n) is 4.77. The Balaban J connectivity index is 2.11. The molecule has 0 bridgehead atoms. The minimum Gasteiger partial charge on any atom is -0.481 e. The second-order valence-corrected chi connectivity index (χ2v) is 4.77. The molecule has 0 aromatic heterocycles. The van der Waals surface area contributed by atoms with Gasteiger partial charge in [0.15, 0.2) is 0 Å². The van der Waals surface area contributed by atoms with Crippen molar-refractivity contribution in [3.05, 3.63) is 0 Å². The normalized spacial score (nSPS) is 13.6. The van der Waals surface area contributed by atoms with Gasteiger partial charge < -0.3 is 15.3 Å². The number of nitrogens with one attached hydrogen (secondary N) is 1. The van der Waals surface area contributed by atoms with Crippen LogP contribution < -0.4 is 5.32 Å². The predicted octanol–water partition coefficient (Wildman–Crippen LogP) is 1.72. The molecule has 19 heavy (non-hydrogen) atoms. The number of nitriles is 1. The van der Waals surface area contributed by atoms with Gasteiger partial charge in [-0.1, -0.05) is 6.42 Å². The lowest BCUT2D eigenvalue weighted by molar-refractivity contribution is -0.137. The molecule has 0 spiro atoms. The zero-order valence-corrected chi connectivity index (χ0v) is 11.1. The van der Waals surface area contributed by atoms with Crippen molar-refractivity contribution in [2.45, 2.75) is 51.0 Å². The smallest absolute Gasteiger partial charge is 0.317 e. The number of carbonyl (C=O) groups is 2. The van der Waals surface area contributed by atoms with Gasteiger partial charge >= 0.3 is 12.0 Å². The Morgan fingerprint density at radius 1 is 1.32 bits per heavy atom. The number of unbranched alkanes of at least 4 members (excludes halogenated alkanes) is 2. The molecule has 6 heteroatoms. The van der Waals surface area contributed by atoms with Crippen LogP contribution in [0.25, 0.3) is 0 Å². The first-order chi connectivity index (χ1) is 9.15. The largest absolute Gasteiger partial charge is 0.481 e. The first-order valence-corrected chi connectivity index (χ1v) is 6.78. The van der Waals surface area contributed by atoms with Crippen LogP contribution in [0.4, 0.5) is 4.79 Å². The Bertz CT molecular complexity index is 348. The monoisotopic (exact) mass is 267 g/mol. The fourth-order valence-corrected chi connectivity index (χ4v) is 1.88. The minimum absolute atomic E-state index is 0.101. The SMILES string of the molecule is N#CCCN(C(=O)NCCCCCC(=O)O)C1CC1. The summed E-state index contributed by atoms with van der Waals surface area (Å²) in [7, 11) is 0. The van der Waals surface area contributed by atoms with E-state index in [1.54, 1.807) is 4.90 Å².